The minimum absolute atomic E-state index is 0.227. The van der Waals surface area contributed by atoms with Gasteiger partial charge in [0.05, 0.1) is 0 Å². The standard InChI is InChI=1S/C22H25NO/c24-18-19-9-7-15-23(17-19)16-8-14-22(20-10-3-1-4-11-20)21-12-5-2-6-13-21/h1-6,10-14,18-19H,7-9,15-17H2. The highest BCUT2D eigenvalue weighted by Crippen LogP contribution is 2.24. The molecule has 0 spiro atoms. The minimum atomic E-state index is 0.227. The second-order valence-corrected chi connectivity index (χ2v) is 6.48. The van der Waals surface area contributed by atoms with Crippen molar-refractivity contribution in [2.75, 3.05) is 19.6 Å². The molecule has 0 aliphatic carbocycles. The van der Waals surface area contributed by atoms with Crippen molar-refractivity contribution in [3.8, 4) is 0 Å². The van der Waals surface area contributed by atoms with Gasteiger partial charge in [-0.3, -0.25) is 0 Å². The molecule has 2 heteroatoms. The monoisotopic (exact) mass is 319 g/mol. The van der Waals surface area contributed by atoms with Crippen molar-refractivity contribution in [1.29, 1.82) is 0 Å². The van der Waals surface area contributed by atoms with Crippen LogP contribution in [0, 0.1) is 5.92 Å². The lowest BCUT2D eigenvalue weighted by Gasteiger charge is -2.29. The van der Waals surface area contributed by atoms with Crippen molar-refractivity contribution in [3.05, 3.63) is 77.9 Å². The highest BCUT2D eigenvalue weighted by atomic mass is 16.1. The van der Waals surface area contributed by atoms with Crippen LogP contribution in [0.5, 0.6) is 0 Å². The Balaban J connectivity index is 1.72. The van der Waals surface area contributed by atoms with Gasteiger partial charge in [0, 0.05) is 19.0 Å². The predicted molar refractivity (Wildman–Crippen MR) is 99.8 cm³/mol. The first-order valence-electron chi connectivity index (χ1n) is 8.85. The number of rotatable bonds is 6. The molecule has 1 aliphatic heterocycles. The summed E-state index contributed by atoms with van der Waals surface area (Å²) in [6, 6.07) is 21.1. The summed E-state index contributed by atoms with van der Waals surface area (Å²) >= 11 is 0. The fourth-order valence-electron chi connectivity index (χ4n) is 3.43. The molecular formula is C22H25NO. The predicted octanol–water partition coefficient (Wildman–Crippen LogP) is 4.42. The SMILES string of the molecule is O=CC1CCCN(CCC=C(c2ccccc2)c2ccccc2)C1. The molecule has 0 N–H and O–H groups in total. The lowest BCUT2D eigenvalue weighted by Crippen LogP contribution is -2.36. The summed E-state index contributed by atoms with van der Waals surface area (Å²) < 4.78 is 0. The average Bonchev–Trinajstić information content (AvgIpc) is 2.67. The topological polar surface area (TPSA) is 20.3 Å². The van der Waals surface area contributed by atoms with Crippen LogP contribution < -0.4 is 0 Å². The van der Waals surface area contributed by atoms with E-state index in [4.69, 9.17) is 0 Å². The molecule has 0 bridgehead atoms. The van der Waals surface area contributed by atoms with E-state index < -0.39 is 0 Å². The molecule has 2 nitrogen and oxygen atoms in total. The third kappa shape index (κ3) is 4.42. The van der Waals surface area contributed by atoms with E-state index in [1.807, 2.05) is 0 Å². The van der Waals surface area contributed by atoms with Gasteiger partial charge < -0.3 is 9.69 Å². The first-order chi connectivity index (χ1) is 11.9. The first kappa shape index (κ1) is 16.7. The number of nitrogens with zero attached hydrogens (tertiary/aromatic N) is 1. The van der Waals surface area contributed by atoms with E-state index in [1.54, 1.807) is 0 Å². The quantitative estimate of drug-likeness (QED) is 0.735. The maximum absolute atomic E-state index is 11.0. The van der Waals surface area contributed by atoms with Gasteiger partial charge in [0.2, 0.25) is 0 Å². The number of benzene rings is 2. The average molecular weight is 319 g/mol. The number of aldehydes is 1. The highest BCUT2D eigenvalue weighted by Gasteiger charge is 2.18. The molecule has 2 aromatic rings. The van der Waals surface area contributed by atoms with E-state index in [1.165, 1.54) is 16.7 Å². The molecule has 0 saturated carbocycles. The number of hydrogen-bond acceptors (Lipinski definition) is 2. The summed E-state index contributed by atoms with van der Waals surface area (Å²) in [4.78, 5) is 13.4. The molecule has 0 aromatic heterocycles. The Morgan fingerprint density at radius 3 is 2.21 bits per heavy atom. The van der Waals surface area contributed by atoms with E-state index in [0.29, 0.717) is 0 Å². The molecule has 1 atom stereocenters. The zero-order chi connectivity index (χ0) is 16.6. The second-order valence-electron chi connectivity index (χ2n) is 6.48. The van der Waals surface area contributed by atoms with E-state index in [9.17, 15) is 4.79 Å². The van der Waals surface area contributed by atoms with Crippen LogP contribution in [0.3, 0.4) is 0 Å². The summed E-state index contributed by atoms with van der Waals surface area (Å²) in [5, 5.41) is 0. The van der Waals surface area contributed by atoms with Gasteiger partial charge in [-0.15, -0.1) is 0 Å². The molecule has 24 heavy (non-hydrogen) atoms. The number of piperidine rings is 1. The van der Waals surface area contributed by atoms with Crippen molar-refractivity contribution < 1.29 is 4.79 Å². The van der Waals surface area contributed by atoms with Crippen molar-refractivity contribution >= 4 is 11.9 Å². The summed E-state index contributed by atoms with van der Waals surface area (Å²) in [7, 11) is 0. The van der Waals surface area contributed by atoms with Crippen LogP contribution in [-0.2, 0) is 4.79 Å². The summed E-state index contributed by atoms with van der Waals surface area (Å²) in [5.41, 5.74) is 3.81. The molecule has 1 aliphatic rings. The summed E-state index contributed by atoms with van der Waals surface area (Å²) in [5.74, 6) is 0.227. The second kappa shape index (κ2) is 8.60. The molecule has 0 amide bonds. The van der Waals surface area contributed by atoms with Crippen LogP contribution in [0.15, 0.2) is 66.7 Å². The van der Waals surface area contributed by atoms with Crippen LogP contribution in [-0.4, -0.2) is 30.8 Å². The molecule has 2 aromatic carbocycles. The molecular weight excluding hydrogens is 294 g/mol. The molecule has 1 heterocycles. The van der Waals surface area contributed by atoms with Crippen LogP contribution in [0.2, 0.25) is 0 Å². The zero-order valence-corrected chi connectivity index (χ0v) is 14.1. The van der Waals surface area contributed by atoms with Crippen LogP contribution in [0.25, 0.3) is 5.57 Å². The Morgan fingerprint density at radius 2 is 1.62 bits per heavy atom. The van der Waals surface area contributed by atoms with Gasteiger partial charge in [-0.25, -0.2) is 0 Å². The van der Waals surface area contributed by atoms with E-state index in [2.05, 4.69) is 71.6 Å². The van der Waals surface area contributed by atoms with Crippen LogP contribution >= 0.6 is 0 Å². The summed E-state index contributed by atoms with van der Waals surface area (Å²) in [6.45, 7) is 3.06. The molecule has 3 rings (SSSR count). The Bertz CT molecular complexity index is 621. The van der Waals surface area contributed by atoms with Crippen LogP contribution in [0.4, 0.5) is 0 Å². The van der Waals surface area contributed by atoms with Crippen molar-refractivity contribution in [2.45, 2.75) is 19.3 Å². The van der Waals surface area contributed by atoms with Gasteiger partial charge in [-0.05, 0) is 42.5 Å². The van der Waals surface area contributed by atoms with Gasteiger partial charge in [-0.1, -0.05) is 66.7 Å². The Kier molecular flexibility index (Phi) is 5.97. The first-order valence-corrected chi connectivity index (χ1v) is 8.85. The van der Waals surface area contributed by atoms with E-state index in [0.717, 1.165) is 45.2 Å². The van der Waals surface area contributed by atoms with Gasteiger partial charge in [0.15, 0.2) is 0 Å². The summed E-state index contributed by atoms with van der Waals surface area (Å²) in [6.07, 6.45) is 6.66. The normalized spacial score (nSPS) is 18.1. The van der Waals surface area contributed by atoms with Crippen molar-refractivity contribution in [3.63, 3.8) is 0 Å². The van der Waals surface area contributed by atoms with Crippen LogP contribution in [0.1, 0.15) is 30.4 Å². The molecule has 1 unspecified atom stereocenters. The maximum atomic E-state index is 11.0. The Labute approximate surface area is 144 Å². The Hall–Kier alpha value is -2.19. The van der Waals surface area contributed by atoms with Crippen molar-refractivity contribution in [2.24, 2.45) is 5.92 Å². The lowest BCUT2D eigenvalue weighted by atomic mass is 9.96. The smallest absolute Gasteiger partial charge is 0.124 e. The number of carbonyl (C=O) groups is 1. The van der Waals surface area contributed by atoms with Gasteiger partial charge in [0.1, 0.15) is 6.29 Å². The highest BCUT2D eigenvalue weighted by molar-refractivity contribution is 5.79. The number of hydrogen-bond donors (Lipinski definition) is 0. The minimum Gasteiger partial charge on any atom is -0.303 e. The molecule has 0 radical (unpaired) electrons. The molecule has 1 saturated heterocycles. The lowest BCUT2D eigenvalue weighted by molar-refractivity contribution is -0.112. The third-order valence-electron chi connectivity index (χ3n) is 4.70. The molecule has 124 valence electrons. The Morgan fingerprint density at radius 1 is 1.00 bits per heavy atom. The third-order valence-corrected chi connectivity index (χ3v) is 4.70. The van der Waals surface area contributed by atoms with Crippen molar-refractivity contribution in [1.82, 2.24) is 4.90 Å². The van der Waals surface area contributed by atoms with E-state index >= 15 is 0 Å². The maximum Gasteiger partial charge on any atom is 0.124 e. The fraction of sp³-hybridized carbons (Fsp3) is 0.318. The largest absolute Gasteiger partial charge is 0.303 e. The zero-order valence-electron chi connectivity index (χ0n) is 14.1. The number of carbonyl (C=O) groups excluding carboxylic acids is 1. The van der Waals surface area contributed by atoms with E-state index in [-0.39, 0.29) is 5.92 Å². The van der Waals surface area contributed by atoms with Gasteiger partial charge in [-0.2, -0.15) is 0 Å². The van der Waals surface area contributed by atoms with Gasteiger partial charge >= 0.3 is 0 Å². The van der Waals surface area contributed by atoms with Gasteiger partial charge in [0.25, 0.3) is 0 Å². The molecule has 1 fully saturated rings. The number of likely N-dealkylation sites (tertiary alicyclic amines) is 1. The fourth-order valence-corrected chi connectivity index (χ4v) is 3.43.